The molecule has 4 amide bonds. The molecule has 2 aliphatic heterocycles. The lowest BCUT2D eigenvalue weighted by Gasteiger charge is -2.49. The summed E-state index contributed by atoms with van der Waals surface area (Å²) in [6, 6.07) is 19.4. The van der Waals surface area contributed by atoms with Crippen molar-refractivity contribution >= 4 is 57.0 Å². The maximum absolute atomic E-state index is 14.5. The molecular weight excluding hydrogens is 636 g/mol. The number of allylic oxidation sites excluding steroid dienone is 2. The third kappa shape index (κ3) is 4.09. The lowest BCUT2D eigenvalue weighted by atomic mass is 9.51. The van der Waals surface area contributed by atoms with E-state index in [1.54, 1.807) is 54.6 Å². The first kappa shape index (κ1) is 29.2. The predicted octanol–water partition coefficient (Wildman–Crippen LogP) is 6.24. The largest absolute Gasteiger partial charge is 0.503 e. The lowest BCUT2D eigenvalue weighted by Crippen LogP contribution is -2.48. The third-order valence-corrected chi connectivity index (χ3v) is 10.9. The Morgan fingerprint density at radius 1 is 0.933 bits per heavy atom. The summed E-state index contributed by atoms with van der Waals surface area (Å²) in [5.74, 6) is -4.15. The zero-order valence-electron chi connectivity index (χ0n) is 24.8. The minimum Gasteiger partial charge on any atom is -0.503 e. The average molecular weight is 668 g/mol. The highest BCUT2D eigenvalue weighted by molar-refractivity contribution is 9.10. The van der Waals surface area contributed by atoms with E-state index in [2.05, 4.69) is 22.5 Å². The van der Waals surface area contributed by atoms with E-state index in [4.69, 9.17) is 4.74 Å². The minimum absolute atomic E-state index is 0.0811. The number of halogens is 1. The number of hydrogen-bond donors (Lipinski definition) is 1. The number of amides is 4. The number of benzene rings is 3. The molecule has 0 radical (unpaired) electrons. The Balaban J connectivity index is 1.38. The number of fused-ring (bicyclic) bond motifs is 4. The van der Waals surface area contributed by atoms with Crippen molar-refractivity contribution < 1.29 is 29.0 Å². The highest BCUT2D eigenvalue weighted by Gasteiger charge is 2.67. The molecule has 1 saturated carbocycles. The Morgan fingerprint density at radius 3 is 2.29 bits per heavy atom. The first-order chi connectivity index (χ1) is 21.6. The molecule has 2 saturated heterocycles. The highest BCUT2D eigenvalue weighted by atomic mass is 79.9. The minimum atomic E-state index is -1.20. The van der Waals surface area contributed by atoms with Gasteiger partial charge >= 0.3 is 0 Å². The first-order valence-electron chi connectivity index (χ1n) is 14.9. The Morgan fingerprint density at radius 2 is 1.62 bits per heavy atom. The summed E-state index contributed by atoms with van der Waals surface area (Å²) in [5, 5.41) is 10.6. The van der Waals surface area contributed by atoms with Crippen LogP contribution in [0, 0.1) is 29.1 Å². The quantitative estimate of drug-likeness (QED) is 0.255. The molecule has 3 fully saturated rings. The molecule has 2 aliphatic carbocycles. The van der Waals surface area contributed by atoms with Gasteiger partial charge in [-0.05, 0) is 89.1 Å². The van der Waals surface area contributed by atoms with Gasteiger partial charge in [-0.1, -0.05) is 54.6 Å². The smallest absolute Gasteiger partial charge is 0.241 e. The molecule has 0 unspecified atom stereocenters. The van der Waals surface area contributed by atoms with Crippen molar-refractivity contribution in [1.29, 1.82) is 0 Å². The summed E-state index contributed by atoms with van der Waals surface area (Å²) in [6.07, 6.45) is 4.29. The van der Waals surface area contributed by atoms with Crippen LogP contribution in [0.1, 0.15) is 36.8 Å². The van der Waals surface area contributed by atoms with Gasteiger partial charge in [-0.15, -0.1) is 0 Å². The zero-order valence-corrected chi connectivity index (χ0v) is 26.4. The van der Waals surface area contributed by atoms with Gasteiger partial charge in [-0.25, -0.2) is 4.90 Å². The van der Waals surface area contributed by atoms with Gasteiger partial charge in [0.1, 0.15) is 0 Å². The molecule has 0 bridgehead atoms. The summed E-state index contributed by atoms with van der Waals surface area (Å²) in [6.45, 7) is 5.61. The van der Waals surface area contributed by atoms with Gasteiger partial charge in [0.25, 0.3) is 0 Å². The molecule has 1 N–H and O–H groups in total. The number of hydrogen-bond acceptors (Lipinski definition) is 6. The van der Waals surface area contributed by atoms with Crippen LogP contribution in [-0.2, 0) is 19.2 Å². The number of carbonyl (C=O) groups is 4. The van der Waals surface area contributed by atoms with Crippen LogP contribution in [0.2, 0.25) is 0 Å². The van der Waals surface area contributed by atoms with Crippen LogP contribution in [0.15, 0.2) is 89.4 Å². The van der Waals surface area contributed by atoms with E-state index in [1.165, 1.54) is 16.9 Å². The van der Waals surface area contributed by atoms with Gasteiger partial charge in [-0.2, -0.15) is 0 Å². The van der Waals surface area contributed by atoms with Crippen molar-refractivity contribution in [2.75, 3.05) is 16.9 Å². The molecule has 8 nitrogen and oxygen atoms in total. The molecule has 0 aromatic heterocycles. The van der Waals surface area contributed by atoms with Crippen molar-refractivity contribution in [2.45, 2.75) is 25.7 Å². The number of carbonyl (C=O) groups excluding carboxylic acids is 4. The van der Waals surface area contributed by atoms with Crippen molar-refractivity contribution in [2.24, 2.45) is 29.1 Å². The van der Waals surface area contributed by atoms with Crippen LogP contribution in [0.3, 0.4) is 0 Å². The fourth-order valence-corrected chi connectivity index (χ4v) is 8.61. The molecule has 4 aliphatic rings. The summed E-state index contributed by atoms with van der Waals surface area (Å²) in [5.41, 5.74) is 2.19. The maximum atomic E-state index is 14.5. The highest BCUT2D eigenvalue weighted by Crippen LogP contribution is 2.64. The van der Waals surface area contributed by atoms with E-state index in [0.717, 1.165) is 11.1 Å². The van der Waals surface area contributed by atoms with Gasteiger partial charge in [0.05, 0.1) is 46.1 Å². The molecule has 228 valence electrons. The number of phenolic OH excluding ortho intramolecular Hbond substituents is 1. The second kappa shape index (κ2) is 10.5. The standard InChI is InChI=1S/C36H31BrN2O6/c1-4-19-10-12-22(13-11-19)38-32(41)24-15-14-23-25(29(24)34(38)43)18-26-33(42)39(21-8-6-5-7-9-21)35(44)36(26,2)30(23)20-16-27(37)31(40)28(17-20)45-3/h4-14,16-17,24-26,29-30,40H,1,15,18H2,2-3H3/t24-,25+,26-,29-,30-,36+/m0/s1. The zero-order chi connectivity index (χ0) is 31.8. The van der Waals surface area contributed by atoms with Crippen LogP contribution >= 0.6 is 15.9 Å². The van der Waals surface area contributed by atoms with Crippen LogP contribution in [0.5, 0.6) is 11.5 Å². The van der Waals surface area contributed by atoms with Crippen LogP contribution in [0.25, 0.3) is 6.08 Å². The number of rotatable bonds is 5. The van der Waals surface area contributed by atoms with Gasteiger partial charge in [0.15, 0.2) is 11.5 Å². The van der Waals surface area contributed by atoms with E-state index in [1.807, 2.05) is 31.2 Å². The number of nitrogens with zero attached hydrogens (tertiary/aromatic N) is 2. The maximum Gasteiger partial charge on any atom is 0.241 e. The van der Waals surface area contributed by atoms with Crippen LogP contribution in [-0.4, -0.2) is 35.8 Å². The van der Waals surface area contributed by atoms with Crippen molar-refractivity contribution in [1.82, 2.24) is 0 Å². The molecule has 0 spiro atoms. The first-order valence-corrected chi connectivity index (χ1v) is 15.7. The summed E-state index contributed by atoms with van der Waals surface area (Å²) in [7, 11) is 1.45. The van der Waals surface area contributed by atoms with E-state index < -0.39 is 35.0 Å². The fourth-order valence-electron chi connectivity index (χ4n) is 8.15. The molecule has 2 heterocycles. The second-order valence-corrected chi connectivity index (χ2v) is 13.2. The molecule has 6 atom stereocenters. The van der Waals surface area contributed by atoms with Gasteiger partial charge in [-0.3, -0.25) is 24.1 Å². The Bertz CT molecular complexity index is 1820. The Hall–Kier alpha value is -4.50. The lowest BCUT2D eigenvalue weighted by molar-refractivity contribution is -0.131. The van der Waals surface area contributed by atoms with E-state index in [-0.39, 0.29) is 41.5 Å². The van der Waals surface area contributed by atoms with Gasteiger partial charge in [0.2, 0.25) is 23.6 Å². The number of para-hydroxylation sites is 1. The summed E-state index contributed by atoms with van der Waals surface area (Å²) in [4.78, 5) is 59.4. The van der Waals surface area contributed by atoms with Crippen molar-refractivity contribution in [3.63, 3.8) is 0 Å². The second-order valence-electron chi connectivity index (χ2n) is 12.4. The number of ether oxygens (including phenoxy) is 1. The molecule has 3 aromatic carbocycles. The average Bonchev–Trinajstić information content (AvgIpc) is 3.42. The predicted molar refractivity (Wildman–Crippen MR) is 172 cm³/mol. The fraction of sp³-hybridized carbons (Fsp3) is 0.278. The Labute approximate surface area is 269 Å². The number of anilines is 2. The molecule has 45 heavy (non-hydrogen) atoms. The molecule has 3 aromatic rings. The normalized spacial score (nSPS) is 28.9. The van der Waals surface area contributed by atoms with Crippen molar-refractivity contribution in [3.8, 4) is 11.5 Å². The third-order valence-electron chi connectivity index (χ3n) is 10.3. The molecular formula is C36H31BrN2O6. The van der Waals surface area contributed by atoms with Gasteiger partial charge < -0.3 is 9.84 Å². The SMILES string of the molecule is C=Cc1ccc(N2C(=O)[C@H]3[C@H](CC=C4[C@H]3C[C@H]3C(=O)N(c5ccccc5)C(=O)[C@@]3(C)[C@H]4c3cc(Br)c(O)c(OC)c3)C2=O)cc1. The summed E-state index contributed by atoms with van der Waals surface area (Å²) < 4.78 is 5.86. The van der Waals surface area contributed by atoms with E-state index in [9.17, 15) is 24.3 Å². The van der Waals surface area contributed by atoms with E-state index in [0.29, 0.717) is 27.8 Å². The number of imide groups is 2. The summed E-state index contributed by atoms with van der Waals surface area (Å²) >= 11 is 3.44. The number of methoxy groups -OCH3 is 1. The van der Waals surface area contributed by atoms with Crippen LogP contribution < -0.4 is 14.5 Å². The molecule has 7 rings (SSSR count). The number of aromatic hydroxyl groups is 1. The monoisotopic (exact) mass is 666 g/mol. The number of phenols is 1. The topological polar surface area (TPSA) is 104 Å². The van der Waals surface area contributed by atoms with Crippen LogP contribution in [0.4, 0.5) is 11.4 Å². The van der Waals surface area contributed by atoms with E-state index >= 15 is 0 Å². The van der Waals surface area contributed by atoms with Gasteiger partial charge in [0, 0.05) is 5.92 Å². The van der Waals surface area contributed by atoms with Crippen molar-refractivity contribution in [3.05, 3.63) is 101 Å². The molecule has 9 heteroatoms. The Kier molecular flexibility index (Phi) is 6.85.